The predicted octanol–water partition coefficient (Wildman–Crippen LogP) is -1.07. The van der Waals surface area contributed by atoms with E-state index in [1.807, 2.05) is 0 Å². The number of nitrogens with two attached hydrogens (primary N) is 1. The van der Waals surface area contributed by atoms with E-state index in [0.29, 0.717) is 13.0 Å². The molecule has 1 rings (SSSR count). The van der Waals surface area contributed by atoms with Crippen LogP contribution in [-0.2, 0) is 9.59 Å². The molecular formula is C9H17N3O2. The molecule has 1 fully saturated rings. The number of amides is 2. The molecule has 0 aromatic rings. The van der Waals surface area contributed by atoms with Crippen LogP contribution in [-0.4, -0.2) is 43.4 Å². The van der Waals surface area contributed by atoms with Gasteiger partial charge in [0, 0.05) is 33.1 Å². The lowest BCUT2D eigenvalue weighted by atomic mass is 10.3. The molecule has 1 aliphatic carbocycles. The molecule has 3 N–H and O–H groups in total. The van der Waals surface area contributed by atoms with Crippen molar-refractivity contribution in [3.8, 4) is 0 Å². The summed E-state index contributed by atoms with van der Waals surface area (Å²) in [6, 6.07) is 0.0274. The molecule has 2 atom stereocenters. The monoisotopic (exact) mass is 199 g/mol. The average Bonchev–Trinajstić information content (AvgIpc) is 2.82. The maximum Gasteiger partial charge on any atom is 0.224 e. The summed E-state index contributed by atoms with van der Waals surface area (Å²) < 4.78 is 0. The van der Waals surface area contributed by atoms with Crippen molar-refractivity contribution in [2.45, 2.75) is 18.9 Å². The molecule has 14 heavy (non-hydrogen) atoms. The fraction of sp³-hybridized carbons (Fsp3) is 0.778. The van der Waals surface area contributed by atoms with E-state index in [0.717, 1.165) is 6.42 Å². The number of hydrogen-bond donors (Lipinski definition) is 2. The van der Waals surface area contributed by atoms with E-state index < -0.39 is 0 Å². The Balaban J connectivity index is 2.09. The van der Waals surface area contributed by atoms with Crippen LogP contribution >= 0.6 is 0 Å². The first-order valence-electron chi connectivity index (χ1n) is 4.76. The number of nitrogens with zero attached hydrogens (tertiary/aromatic N) is 1. The minimum atomic E-state index is -0.0240. The molecule has 0 aliphatic heterocycles. The average molecular weight is 199 g/mol. The lowest BCUT2D eigenvalue weighted by Crippen LogP contribution is -2.32. The van der Waals surface area contributed by atoms with Gasteiger partial charge in [0.15, 0.2) is 0 Å². The zero-order valence-electron chi connectivity index (χ0n) is 8.62. The van der Waals surface area contributed by atoms with Crippen molar-refractivity contribution in [1.82, 2.24) is 10.2 Å². The second-order valence-corrected chi connectivity index (χ2v) is 3.84. The zero-order chi connectivity index (χ0) is 10.7. The maximum atomic E-state index is 11.3. The van der Waals surface area contributed by atoms with Gasteiger partial charge in [-0.3, -0.25) is 9.59 Å². The van der Waals surface area contributed by atoms with E-state index in [4.69, 9.17) is 5.73 Å². The third-order valence-electron chi connectivity index (χ3n) is 2.31. The number of rotatable bonds is 4. The molecule has 0 saturated heterocycles. The Kier molecular flexibility index (Phi) is 3.46. The van der Waals surface area contributed by atoms with Crippen molar-refractivity contribution >= 4 is 11.8 Å². The summed E-state index contributed by atoms with van der Waals surface area (Å²) in [5.74, 6) is -0.0288. The summed E-state index contributed by atoms with van der Waals surface area (Å²) in [5, 5.41) is 2.69. The van der Waals surface area contributed by atoms with Crippen LogP contribution in [0.15, 0.2) is 0 Å². The Bertz CT molecular complexity index is 240. The summed E-state index contributed by atoms with van der Waals surface area (Å²) in [5.41, 5.74) is 5.51. The van der Waals surface area contributed by atoms with Crippen LogP contribution in [0.3, 0.4) is 0 Å². The molecule has 80 valence electrons. The van der Waals surface area contributed by atoms with Gasteiger partial charge >= 0.3 is 0 Å². The van der Waals surface area contributed by atoms with Gasteiger partial charge in [-0.05, 0) is 6.42 Å². The quantitative estimate of drug-likeness (QED) is 0.605. The Morgan fingerprint density at radius 2 is 2.07 bits per heavy atom. The van der Waals surface area contributed by atoms with E-state index in [1.54, 1.807) is 14.1 Å². The van der Waals surface area contributed by atoms with Crippen LogP contribution in [0.4, 0.5) is 0 Å². The van der Waals surface area contributed by atoms with Crippen molar-refractivity contribution in [3.05, 3.63) is 0 Å². The van der Waals surface area contributed by atoms with Gasteiger partial charge < -0.3 is 16.0 Å². The van der Waals surface area contributed by atoms with E-state index in [-0.39, 0.29) is 23.8 Å². The van der Waals surface area contributed by atoms with Crippen molar-refractivity contribution < 1.29 is 9.59 Å². The van der Waals surface area contributed by atoms with Crippen LogP contribution in [0.5, 0.6) is 0 Å². The topological polar surface area (TPSA) is 75.4 Å². The number of carbonyl (C=O) groups excluding carboxylic acids is 2. The van der Waals surface area contributed by atoms with Gasteiger partial charge in [0.2, 0.25) is 11.8 Å². The molecule has 0 bridgehead atoms. The predicted molar refractivity (Wildman–Crippen MR) is 52.4 cm³/mol. The van der Waals surface area contributed by atoms with Crippen molar-refractivity contribution in [2.75, 3.05) is 20.6 Å². The van der Waals surface area contributed by atoms with E-state index in [9.17, 15) is 9.59 Å². The largest absolute Gasteiger partial charge is 0.355 e. The standard InChI is InChI=1S/C9H17N3O2/c1-12(2)8(13)3-4-11-9(14)6-5-7(6)10/h6-7H,3-5,10H2,1-2H3,(H,11,14). The van der Waals surface area contributed by atoms with Gasteiger partial charge in [0.25, 0.3) is 0 Å². The first-order valence-corrected chi connectivity index (χ1v) is 4.76. The molecular weight excluding hydrogens is 182 g/mol. The Hall–Kier alpha value is -1.10. The normalized spacial score (nSPS) is 24.2. The van der Waals surface area contributed by atoms with Crippen LogP contribution in [0.25, 0.3) is 0 Å². The molecule has 2 unspecified atom stereocenters. The molecule has 5 nitrogen and oxygen atoms in total. The van der Waals surface area contributed by atoms with E-state index in [1.165, 1.54) is 4.90 Å². The third-order valence-corrected chi connectivity index (χ3v) is 2.31. The van der Waals surface area contributed by atoms with Gasteiger partial charge in [-0.1, -0.05) is 0 Å². The number of carbonyl (C=O) groups is 2. The Morgan fingerprint density at radius 3 is 2.50 bits per heavy atom. The first-order chi connectivity index (χ1) is 6.52. The minimum Gasteiger partial charge on any atom is -0.355 e. The second-order valence-electron chi connectivity index (χ2n) is 3.84. The molecule has 1 aliphatic rings. The van der Waals surface area contributed by atoms with Gasteiger partial charge in [0.05, 0.1) is 5.92 Å². The molecule has 0 heterocycles. The second kappa shape index (κ2) is 4.41. The van der Waals surface area contributed by atoms with Crippen LogP contribution in [0.1, 0.15) is 12.8 Å². The van der Waals surface area contributed by atoms with Gasteiger partial charge in [-0.2, -0.15) is 0 Å². The molecule has 0 aromatic heterocycles. The van der Waals surface area contributed by atoms with Gasteiger partial charge in [-0.15, -0.1) is 0 Å². The highest BCUT2D eigenvalue weighted by Crippen LogP contribution is 2.27. The summed E-state index contributed by atoms with van der Waals surface area (Å²) >= 11 is 0. The Morgan fingerprint density at radius 1 is 1.50 bits per heavy atom. The molecule has 0 radical (unpaired) electrons. The fourth-order valence-electron chi connectivity index (χ4n) is 1.16. The lowest BCUT2D eigenvalue weighted by molar-refractivity contribution is -0.128. The highest BCUT2D eigenvalue weighted by Gasteiger charge is 2.39. The van der Waals surface area contributed by atoms with E-state index >= 15 is 0 Å². The van der Waals surface area contributed by atoms with Crippen LogP contribution in [0.2, 0.25) is 0 Å². The van der Waals surface area contributed by atoms with Crippen molar-refractivity contribution in [3.63, 3.8) is 0 Å². The fourth-order valence-corrected chi connectivity index (χ4v) is 1.16. The summed E-state index contributed by atoms with van der Waals surface area (Å²) in [4.78, 5) is 23.9. The highest BCUT2D eigenvalue weighted by molar-refractivity contribution is 5.83. The van der Waals surface area contributed by atoms with Gasteiger partial charge in [-0.25, -0.2) is 0 Å². The summed E-state index contributed by atoms with van der Waals surface area (Å²) in [7, 11) is 3.39. The number of nitrogens with one attached hydrogen (secondary N) is 1. The summed E-state index contributed by atoms with van der Waals surface area (Å²) in [6.45, 7) is 0.402. The smallest absolute Gasteiger partial charge is 0.224 e. The molecule has 0 aromatic carbocycles. The van der Waals surface area contributed by atoms with Crippen molar-refractivity contribution in [2.24, 2.45) is 11.7 Å². The van der Waals surface area contributed by atoms with Crippen molar-refractivity contribution in [1.29, 1.82) is 0 Å². The van der Waals surface area contributed by atoms with E-state index in [2.05, 4.69) is 5.32 Å². The zero-order valence-corrected chi connectivity index (χ0v) is 8.62. The summed E-state index contributed by atoms with van der Waals surface area (Å²) in [6.07, 6.45) is 1.12. The SMILES string of the molecule is CN(C)C(=O)CCNC(=O)C1CC1N. The van der Waals surface area contributed by atoms with Gasteiger partial charge in [0.1, 0.15) is 0 Å². The third kappa shape index (κ3) is 2.99. The molecule has 5 heteroatoms. The highest BCUT2D eigenvalue weighted by atomic mass is 16.2. The van der Waals surface area contributed by atoms with Crippen LogP contribution in [0, 0.1) is 5.92 Å². The molecule has 0 spiro atoms. The first kappa shape index (κ1) is 11.0. The lowest BCUT2D eigenvalue weighted by Gasteiger charge is -2.10. The molecule has 1 saturated carbocycles. The molecule has 2 amide bonds. The Labute approximate surface area is 83.6 Å². The van der Waals surface area contributed by atoms with Crippen LogP contribution < -0.4 is 11.1 Å². The number of hydrogen-bond acceptors (Lipinski definition) is 3. The maximum absolute atomic E-state index is 11.3. The minimum absolute atomic E-state index is 0.0189.